The summed E-state index contributed by atoms with van der Waals surface area (Å²) < 4.78 is 6.70. The molecule has 0 saturated carbocycles. The lowest BCUT2D eigenvalue weighted by atomic mass is 10.2. The van der Waals surface area contributed by atoms with Crippen molar-refractivity contribution in [1.29, 1.82) is 0 Å². The van der Waals surface area contributed by atoms with Crippen LogP contribution >= 0.6 is 31.9 Å². The zero-order chi connectivity index (χ0) is 14.4. The zero-order valence-electron chi connectivity index (χ0n) is 10.7. The number of nitrogens with one attached hydrogen (secondary N) is 1. The van der Waals surface area contributed by atoms with Gasteiger partial charge in [0.2, 0.25) is 0 Å². The minimum atomic E-state index is -0.174. The van der Waals surface area contributed by atoms with Gasteiger partial charge in [-0.25, -0.2) is 0 Å². The van der Waals surface area contributed by atoms with Crippen molar-refractivity contribution in [2.75, 3.05) is 6.61 Å². The average molecular weight is 393 g/mol. The Morgan fingerprint density at radius 1 is 1.42 bits per heavy atom. The standard InChI is InChI=1S/C13H15Br2NO3/c1-3-8(2)16-12(18)7-19-13-10(14)4-9(6-17)5-11(13)15/h4-6,8H,3,7H2,1-2H3,(H,16,18). The van der Waals surface area contributed by atoms with Crippen LogP contribution in [0, 0.1) is 0 Å². The van der Waals surface area contributed by atoms with Crippen LogP contribution in [0.3, 0.4) is 0 Å². The molecule has 6 heteroatoms. The van der Waals surface area contributed by atoms with E-state index in [1.807, 2.05) is 13.8 Å². The Morgan fingerprint density at radius 2 is 2.00 bits per heavy atom. The van der Waals surface area contributed by atoms with E-state index in [1.165, 1.54) is 0 Å². The molecule has 0 saturated heterocycles. The molecular formula is C13H15Br2NO3. The van der Waals surface area contributed by atoms with E-state index < -0.39 is 0 Å². The molecule has 0 aromatic heterocycles. The predicted octanol–water partition coefficient (Wildman–Crippen LogP) is 3.32. The molecule has 0 bridgehead atoms. The van der Waals surface area contributed by atoms with Crippen LogP contribution < -0.4 is 10.1 Å². The van der Waals surface area contributed by atoms with Gasteiger partial charge in [-0.1, -0.05) is 6.92 Å². The summed E-state index contributed by atoms with van der Waals surface area (Å²) in [5.74, 6) is 0.331. The van der Waals surface area contributed by atoms with Crippen molar-refractivity contribution in [1.82, 2.24) is 5.32 Å². The summed E-state index contributed by atoms with van der Waals surface area (Å²) in [6.45, 7) is 3.86. The second-order valence-electron chi connectivity index (χ2n) is 4.10. The molecule has 0 aliphatic rings. The lowest BCUT2D eigenvalue weighted by Crippen LogP contribution is -2.35. The van der Waals surface area contributed by atoms with E-state index in [1.54, 1.807) is 12.1 Å². The van der Waals surface area contributed by atoms with Crippen molar-refractivity contribution in [2.24, 2.45) is 0 Å². The molecule has 1 atom stereocenters. The van der Waals surface area contributed by atoms with E-state index in [4.69, 9.17) is 4.74 Å². The molecule has 1 N–H and O–H groups in total. The molecule has 0 heterocycles. The molecule has 0 spiro atoms. The fourth-order valence-electron chi connectivity index (χ4n) is 1.34. The van der Waals surface area contributed by atoms with Gasteiger partial charge in [0.05, 0.1) is 8.95 Å². The first kappa shape index (κ1) is 16.2. The highest BCUT2D eigenvalue weighted by atomic mass is 79.9. The highest BCUT2D eigenvalue weighted by Gasteiger charge is 2.12. The van der Waals surface area contributed by atoms with Gasteiger partial charge in [0.15, 0.2) is 6.61 Å². The molecule has 0 aliphatic heterocycles. The molecular weight excluding hydrogens is 378 g/mol. The molecule has 1 rings (SSSR count). The van der Waals surface area contributed by atoms with Crippen molar-refractivity contribution in [3.63, 3.8) is 0 Å². The van der Waals surface area contributed by atoms with Gasteiger partial charge in [0, 0.05) is 11.6 Å². The van der Waals surface area contributed by atoms with Gasteiger partial charge in [-0.05, 0) is 57.3 Å². The van der Waals surface area contributed by atoms with Crippen LogP contribution in [-0.4, -0.2) is 24.8 Å². The molecule has 1 unspecified atom stereocenters. The van der Waals surface area contributed by atoms with Crippen LogP contribution in [-0.2, 0) is 4.79 Å². The molecule has 0 radical (unpaired) electrons. The van der Waals surface area contributed by atoms with Crippen molar-refractivity contribution in [3.8, 4) is 5.75 Å². The van der Waals surface area contributed by atoms with Gasteiger partial charge in [-0.15, -0.1) is 0 Å². The SMILES string of the molecule is CCC(C)NC(=O)COc1c(Br)cc(C=O)cc1Br. The molecule has 0 aliphatic carbocycles. The fourth-order valence-corrected chi connectivity index (χ4v) is 2.79. The quantitative estimate of drug-likeness (QED) is 0.755. The van der Waals surface area contributed by atoms with Gasteiger partial charge < -0.3 is 10.1 Å². The monoisotopic (exact) mass is 391 g/mol. The van der Waals surface area contributed by atoms with Crippen molar-refractivity contribution < 1.29 is 14.3 Å². The molecule has 1 aromatic rings. The summed E-state index contributed by atoms with van der Waals surface area (Å²) in [5, 5.41) is 2.81. The predicted molar refractivity (Wildman–Crippen MR) is 80.6 cm³/mol. The highest BCUT2D eigenvalue weighted by Crippen LogP contribution is 2.34. The number of amides is 1. The Bertz CT molecular complexity index is 454. The summed E-state index contributed by atoms with van der Waals surface area (Å²) in [6, 6.07) is 3.40. The Hall–Kier alpha value is -0.880. The van der Waals surface area contributed by atoms with Gasteiger partial charge in [0.1, 0.15) is 12.0 Å². The van der Waals surface area contributed by atoms with E-state index in [2.05, 4.69) is 37.2 Å². The van der Waals surface area contributed by atoms with Crippen LogP contribution in [0.4, 0.5) is 0 Å². The number of carbonyl (C=O) groups is 2. The Kier molecular flexibility index (Phi) is 6.51. The number of rotatable bonds is 6. The molecule has 19 heavy (non-hydrogen) atoms. The molecule has 1 amide bonds. The van der Waals surface area contributed by atoms with E-state index in [9.17, 15) is 9.59 Å². The number of aldehydes is 1. The average Bonchev–Trinajstić information content (AvgIpc) is 2.37. The van der Waals surface area contributed by atoms with Crippen LogP contribution in [0.15, 0.2) is 21.1 Å². The largest absolute Gasteiger partial charge is 0.481 e. The minimum Gasteiger partial charge on any atom is -0.481 e. The van der Waals surface area contributed by atoms with Crippen LogP contribution in [0.5, 0.6) is 5.75 Å². The van der Waals surface area contributed by atoms with Gasteiger partial charge in [0.25, 0.3) is 5.91 Å². The van der Waals surface area contributed by atoms with Gasteiger partial charge in [-0.3, -0.25) is 9.59 Å². The Balaban J connectivity index is 2.68. The third kappa shape index (κ3) is 4.95. The van der Waals surface area contributed by atoms with Gasteiger partial charge in [-0.2, -0.15) is 0 Å². The maximum atomic E-state index is 11.6. The Labute approximate surface area is 129 Å². The Morgan fingerprint density at radius 3 is 2.47 bits per heavy atom. The highest BCUT2D eigenvalue weighted by molar-refractivity contribution is 9.11. The first-order chi connectivity index (χ1) is 8.97. The summed E-state index contributed by atoms with van der Waals surface area (Å²) in [4.78, 5) is 22.3. The second-order valence-corrected chi connectivity index (χ2v) is 5.81. The number of hydrogen-bond donors (Lipinski definition) is 1. The first-order valence-electron chi connectivity index (χ1n) is 5.84. The van der Waals surface area contributed by atoms with Crippen molar-refractivity contribution >= 4 is 44.1 Å². The third-order valence-corrected chi connectivity index (χ3v) is 3.70. The van der Waals surface area contributed by atoms with E-state index in [-0.39, 0.29) is 18.6 Å². The maximum absolute atomic E-state index is 11.6. The molecule has 104 valence electrons. The summed E-state index contributed by atoms with van der Waals surface area (Å²) in [5.41, 5.74) is 0.523. The van der Waals surface area contributed by atoms with Gasteiger partial charge >= 0.3 is 0 Å². The van der Waals surface area contributed by atoms with Crippen LogP contribution in [0.2, 0.25) is 0 Å². The number of benzene rings is 1. The minimum absolute atomic E-state index is 0.0675. The van der Waals surface area contributed by atoms with Crippen LogP contribution in [0.25, 0.3) is 0 Å². The molecule has 4 nitrogen and oxygen atoms in total. The lowest BCUT2D eigenvalue weighted by Gasteiger charge is -2.13. The summed E-state index contributed by atoms with van der Waals surface area (Å²) >= 11 is 6.62. The fraction of sp³-hybridized carbons (Fsp3) is 0.385. The smallest absolute Gasteiger partial charge is 0.258 e. The van der Waals surface area contributed by atoms with Crippen molar-refractivity contribution in [2.45, 2.75) is 26.3 Å². The molecule has 1 aromatic carbocycles. The number of halogens is 2. The number of carbonyl (C=O) groups excluding carboxylic acids is 2. The zero-order valence-corrected chi connectivity index (χ0v) is 13.9. The first-order valence-corrected chi connectivity index (χ1v) is 7.42. The summed E-state index contributed by atoms with van der Waals surface area (Å²) in [7, 11) is 0. The number of hydrogen-bond acceptors (Lipinski definition) is 3. The third-order valence-electron chi connectivity index (χ3n) is 2.52. The van der Waals surface area contributed by atoms with E-state index in [0.717, 1.165) is 12.7 Å². The second kappa shape index (κ2) is 7.65. The topological polar surface area (TPSA) is 55.4 Å². The number of ether oxygens (including phenoxy) is 1. The normalized spacial score (nSPS) is 11.8. The summed E-state index contributed by atoms with van der Waals surface area (Å²) in [6.07, 6.45) is 1.61. The van der Waals surface area contributed by atoms with Crippen molar-refractivity contribution in [3.05, 3.63) is 26.6 Å². The van der Waals surface area contributed by atoms with Crippen LogP contribution in [0.1, 0.15) is 30.6 Å². The maximum Gasteiger partial charge on any atom is 0.258 e. The molecule has 0 fully saturated rings. The van der Waals surface area contributed by atoms with E-state index in [0.29, 0.717) is 20.3 Å². The van der Waals surface area contributed by atoms with E-state index >= 15 is 0 Å². The lowest BCUT2D eigenvalue weighted by molar-refractivity contribution is -0.123.